The Labute approximate surface area is 120 Å². The van der Waals surface area contributed by atoms with Gasteiger partial charge in [0.1, 0.15) is 5.01 Å². The van der Waals surface area contributed by atoms with Crippen LogP contribution in [0, 0.1) is 6.92 Å². The summed E-state index contributed by atoms with van der Waals surface area (Å²) in [7, 11) is 0. The minimum atomic E-state index is -2.44. The maximum absolute atomic E-state index is 12.9. The summed E-state index contributed by atoms with van der Waals surface area (Å²) in [6.45, 7) is 1.95. The average molecular weight is 294 g/mol. The number of thiazole rings is 1. The van der Waals surface area contributed by atoms with Crippen molar-refractivity contribution >= 4 is 11.3 Å². The Bertz CT molecular complexity index is 593. The van der Waals surface area contributed by atoms with Crippen LogP contribution in [0.2, 0.25) is 0 Å². The number of aromatic nitrogens is 1. The van der Waals surface area contributed by atoms with Gasteiger partial charge in [0.15, 0.2) is 0 Å². The summed E-state index contributed by atoms with van der Waals surface area (Å²) < 4.78 is 25.7. The van der Waals surface area contributed by atoms with E-state index in [1.807, 2.05) is 18.4 Å². The van der Waals surface area contributed by atoms with E-state index < -0.39 is 6.43 Å². The zero-order chi connectivity index (χ0) is 14.1. The van der Waals surface area contributed by atoms with Gasteiger partial charge in [-0.25, -0.2) is 13.8 Å². The van der Waals surface area contributed by atoms with E-state index in [0.717, 1.165) is 29.1 Å². The monoisotopic (exact) mass is 294 g/mol. The lowest BCUT2D eigenvalue weighted by Crippen LogP contribution is -2.24. The summed E-state index contributed by atoms with van der Waals surface area (Å²) in [5.74, 6) is 0. The van der Waals surface area contributed by atoms with Crippen LogP contribution < -0.4 is 5.32 Å². The fourth-order valence-corrected chi connectivity index (χ4v) is 3.06. The lowest BCUT2D eigenvalue weighted by molar-refractivity contribution is 0.151. The zero-order valence-electron chi connectivity index (χ0n) is 11.1. The molecular weight excluding hydrogens is 278 g/mol. The van der Waals surface area contributed by atoms with E-state index in [4.69, 9.17) is 0 Å². The summed E-state index contributed by atoms with van der Waals surface area (Å²) in [4.78, 5) is 4.51. The van der Waals surface area contributed by atoms with Gasteiger partial charge >= 0.3 is 0 Å². The molecule has 106 valence electrons. The summed E-state index contributed by atoms with van der Waals surface area (Å²) in [6.07, 6.45) is -0.139. The first-order chi connectivity index (χ1) is 9.63. The van der Waals surface area contributed by atoms with E-state index in [2.05, 4.69) is 10.3 Å². The molecule has 3 rings (SSSR count). The maximum atomic E-state index is 12.9. The van der Waals surface area contributed by atoms with Crippen LogP contribution in [0.3, 0.4) is 0 Å². The minimum Gasteiger partial charge on any atom is -0.301 e. The molecule has 1 aliphatic rings. The minimum absolute atomic E-state index is 0.0679. The number of alkyl halides is 2. The summed E-state index contributed by atoms with van der Waals surface area (Å²) >= 11 is 1.58. The summed E-state index contributed by atoms with van der Waals surface area (Å²) in [5, 5.41) is 6.45. The van der Waals surface area contributed by atoms with Crippen LogP contribution in [0.25, 0.3) is 0 Å². The molecule has 0 amide bonds. The number of nitrogens with zero attached hydrogens (tertiary/aromatic N) is 1. The molecule has 1 N–H and O–H groups in total. The standard InChI is InChI=1S/C15H16F2N2S/c1-9-8-20-15(18-9)13(19-12-5-6-12)10-3-2-4-11(7-10)14(16)17/h2-4,7-8,12-14,19H,5-6H2,1H3. The van der Waals surface area contributed by atoms with Crippen molar-refractivity contribution in [3.05, 3.63) is 51.5 Å². The largest absolute Gasteiger partial charge is 0.301 e. The quantitative estimate of drug-likeness (QED) is 0.892. The van der Waals surface area contributed by atoms with Crippen molar-refractivity contribution in [1.29, 1.82) is 0 Å². The topological polar surface area (TPSA) is 24.9 Å². The number of nitrogens with one attached hydrogen (secondary N) is 1. The molecule has 20 heavy (non-hydrogen) atoms. The van der Waals surface area contributed by atoms with Gasteiger partial charge in [-0.05, 0) is 31.4 Å². The number of aryl methyl sites for hydroxylation is 1. The van der Waals surface area contributed by atoms with Crippen LogP contribution in [0.5, 0.6) is 0 Å². The van der Waals surface area contributed by atoms with E-state index >= 15 is 0 Å². The predicted octanol–water partition coefficient (Wildman–Crippen LogP) is 4.23. The maximum Gasteiger partial charge on any atom is 0.263 e. The Morgan fingerprint density at radius 1 is 1.30 bits per heavy atom. The second kappa shape index (κ2) is 5.58. The van der Waals surface area contributed by atoms with Gasteiger partial charge in [0.2, 0.25) is 0 Å². The second-order valence-corrected chi connectivity index (χ2v) is 6.06. The number of hydrogen-bond donors (Lipinski definition) is 1. The molecule has 1 saturated carbocycles. The van der Waals surface area contributed by atoms with Crippen LogP contribution in [0.1, 0.15) is 47.1 Å². The number of hydrogen-bond acceptors (Lipinski definition) is 3. The summed E-state index contributed by atoms with van der Waals surface area (Å²) in [5.41, 5.74) is 1.90. The predicted molar refractivity (Wildman–Crippen MR) is 76.3 cm³/mol. The first kappa shape index (κ1) is 13.6. The van der Waals surface area contributed by atoms with Gasteiger partial charge < -0.3 is 5.32 Å². The third-order valence-electron chi connectivity index (χ3n) is 3.36. The van der Waals surface area contributed by atoms with Crippen LogP contribution in [-0.4, -0.2) is 11.0 Å². The molecule has 0 radical (unpaired) electrons. The highest BCUT2D eigenvalue weighted by atomic mass is 32.1. The van der Waals surface area contributed by atoms with Crippen LogP contribution in [0.15, 0.2) is 29.6 Å². The molecule has 2 aromatic rings. The van der Waals surface area contributed by atoms with E-state index in [1.165, 1.54) is 6.07 Å². The highest BCUT2D eigenvalue weighted by Gasteiger charge is 2.28. The van der Waals surface area contributed by atoms with Gasteiger partial charge in [-0.3, -0.25) is 0 Å². The van der Waals surface area contributed by atoms with E-state index in [1.54, 1.807) is 23.5 Å². The molecule has 1 aliphatic carbocycles. The highest BCUT2D eigenvalue weighted by molar-refractivity contribution is 7.09. The van der Waals surface area contributed by atoms with Gasteiger partial charge in [0.25, 0.3) is 6.43 Å². The van der Waals surface area contributed by atoms with Crippen molar-refractivity contribution < 1.29 is 8.78 Å². The normalized spacial score (nSPS) is 16.6. The molecule has 2 nitrogen and oxygen atoms in total. The number of rotatable bonds is 5. The van der Waals surface area contributed by atoms with Crippen molar-refractivity contribution in [2.75, 3.05) is 0 Å². The molecule has 0 aliphatic heterocycles. The molecule has 1 heterocycles. The van der Waals surface area contributed by atoms with Crippen molar-refractivity contribution in [2.24, 2.45) is 0 Å². The Balaban J connectivity index is 1.93. The van der Waals surface area contributed by atoms with Crippen LogP contribution in [-0.2, 0) is 0 Å². The Kier molecular flexibility index (Phi) is 3.81. The molecule has 1 aromatic carbocycles. The smallest absolute Gasteiger partial charge is 0.263 e. The lowest BCUT2D eigenvalue weighted by atomic mass is 10.0. The fraction of sp³-hybridized carbons (Fsp3) is 0.400. The molecule has 1 fully saturated rings. The van der Waals surface area contributed by atoms with Gasteiger partial charge in [-0.2, -0.15) is 0 Å². The first-order valence-electron chi connectivity index (χ1n) is 6.69. The van der Waals surface area contributed by atoms with Gasteiger partial charge in [0, 0.05) is 22.7 Å². The molecule has 1 unspecified atom stereocenters. The van der Waals surface area contributed by atoms with Crippen LogP contribution >= 0.6 is 11.3 Å². The average Bonchev–Trinajstić information content (AvgIpc) is 3.16. The van der Waals surface area contributed by atoms with Crippen molar-refractivity contribution in [3.63, 3.8) is 0 Å². The molecular formula is C15H16F2N2S. The molecule has 5 heteroatoms. The van der Waals surface area contributed by atoms with Crippen LogP contribution in [0.4, 0.5) is 8.78 Å². The Hall–Kier alpha value is -1.33. The van der Waals surface area contributed by atoms with Crippen molar-refractivity contribution in [3.8, 4) is 0 Å². The van der Waals surface area contributed by atoms with Gasteiger partial charge in [-0.1, -0.05) is 18.2 Å². The van der Waals surface area contributed by atoms with Crippen molar-refractivity contribution in [1.82, 2.24) is 10.3 Å². The van der Waals surface area contributed by atoms with E-state index in [0.29, 0.717) is 6.04 Å². The fourth-order valence-electron chi connectivity index (χ4n) is 2.17. The van der Waals surface area contributed by atoms with E-state index in [-0.39, 0.29) is 11.6 Å². The highest BCUT2D eigenvalue weighted by Crippen LogP contribution is 2.32. The number of halogens is 2. The van der Waals surface area contributed by atoms with Gasteiger partial charge in [-0.15, -0.1) is 11.3 Å². The Morgan fingerprint density at radius 3 is 2.65 bits per heavy atom. The second-order valence-electron chi connectivity index (χ2n) is 5.17. The third kappa shape index (κ3) is 3.04. The molecule has 0 bridgehead atoms. The molecule has 1 atom stereocenters. The SMILES string of the molecule is Cc1csc(C(NC2CC2)c2cccc(C(F)F)c2)n1. The zero-order valence-corrected chi connectivity index (χ0v) is 12.0. The van der Waals surface area contributed by atoms with Crippen molar-refractivity contribution in [2.45, 2.75) is 38.3 Å². The Morgan fingerprint density at radius 2 is 2.05 bits per heavy atom. The molecule has 1 aromatic heterocycles. The van der Waals surface area contributed by atoms with Gasteiger partial charge in [0.05, 0.1) is 6.04 Å². The molecule has 0 saturated heterocycles. The lowest BCUT2D eigenvalue weighted by Gasteiger charge is -2.17. The third-order valence-corrected chi connectivity index (χ3v) is 4.39. The number of benzene rings is 1. The first-order valence-corrected chi connectivity index (χ1v) is 7.57. The van der Waals surface area contributed by atoms with E-state index in [9.17, 15) is 8.78 Å². The summed E-state index contributed by atoms with van der Waals surface area (Å²) in [6, 6.07) is 7.04. The molecule has 0 spiro atoms.